The minimum Gasteiger partial charge on any atom is -0.207 e. The quantitative estimate of drug-likeness (QED) is 0.852. The Hall–Kier alpha value is -0.390. The molecule has 0 spiro atoms. The lowest BCUT2D eigenvalue weighted by atomic mass is 10.0. The fourth-order valence-electron chi connectivity index (χ4n) is 2.49. The van der Waals surface area contributed by atoms with Gasteiger partial charge in [-0.1, -0.05) is 35.8 Å². The molecule has 2 rings (SSSR count). The molecule has 5 heteroatoms. The van der Waals surface area contributed by atoms with E-state index in [2.05, 4.69) is 29.8 Å². The lowest BCUT2D eigenvalue weighted by Gasteiger charge is -2.26. The summed E-state index contributed by atoms with van der Waals surface area (Å²) in [4.78, 5) is 0.379. The van der Waals surface area contributed by atoms with Crippen LogP contribution in [0.4, 0.5) is 0 Å². The highest BCUT2D eigenvalue weighted by atomic mass is 79.9. The van der Waals surface area contributed by atoms with Crippen LogP contribution in [0.15, 0.2) is 33.6 Å². The average Bonchev–Trinajstić information content (AvgIpc) is 2.78. The van der Waals surface area contributed by atoms with Crippen molar-refractivity contribution < 1.29 is 8.42 Å². The molecule has 18 heavy (non-hydrogen) atoms. The van der Waals surface area contributed by atoms with Gasteiger partial charge in [0.1, 0.15) is 0 Å². The van der Waals surface area contributed by atoms with Gasteiger partial charge in [0.15, 0.2) is 0 Å². The molecule has 1 unspecified atom stereocenters. The van der Waals surface area contributed by atoms with E-state index in [0.29, 0.717) is 17.4 Å². The van der Waals surface area contributed by atoms with Gasteiger partial charge in [-0.15, -0.1) is 0 Å². The molecule has 1 fully saturated rings. The van der Waals surface area contributed by atoms with E-state index >= 15 is 0 Å². The highest BCUT2D eigenvalue weighted by Crippen LogP contribution is 2.30. The van der Waals surface area contributed by atoms with E-state index in [-0.39, 0.29) is 6.04 Å². The summed E-state index contributed by atoms with van der Waals surface area (Å²) in [6, 6.07) is 7.07. The Morgan fingerprint density at radius 1 is 1.39 bits per heavy atom. The molecule has 1 aromatic carbocycles. The second kappa shape index (κ2) is 5.31. The van der Waals surface area contributed by atoms with Gasteiger partial charge in [0.05, 0.1) is 4.90 Å². The molecule has 1 aromatic rings. The van der Waals surface area contributed by atoms with Crippen molar-refractivity contribution in [3.05, 3.63) is 28.7 Å². The van der Waals surface area contributed by atoms with E-state index in [9.17, 15) is 8.42 Å². The van der Waals surface area contributed by atoms with E-state index in [1.165, 1.54) is 0 Å². The topological polar surface area (TPSA) is 37.4 Å². The molecule has 0 amide bonds. The summed E-state index contributed by atoms with van der Waals surface area (Å²) in [5.41, 5.74) is 0. The van der Waals surface area contributed by atoms with E-state index < -0.39 is 10.0 Å². The van der Waals surface area contributed by atoms with E-state index in [4.69, 9.17) is 0 Å². The summed E-state index contributed by atoms with van der Waals surface area (Å²) in [5.74, 6) is 0.356. The van der Waals surface area contributed by atoms with Gasteiger partial charge in [-0.3, -0.25) is 0 Å². The summed E-state index contributed by atoms with van der Waals surface area (Å²) in [6.45, 7) is 4.80. The Balaban J connectivity index is 2.37. The zero-order chi connectivity index (χ0) is 13.3. The smallest absolute Gasteiger partial charge is 0.207 e. The predicted octanol–water partition coefficient (Wildman–Crippen LogP) is 3.26. The maximum atomic E-state index is 12.6. The van der Waals surface area contributed by atoms with Crippen molar-refractivity contribution >= 4 is 26.0 Å². The Bertz CT molecular complexity index is 528. The number of hydrogen-bond donors (Lipinski definition) is 0. The van der Waals surface area contributed by atoms with Crippen molar-refractivity contribution in [1.82, 2.24) is 4.31 Å². The molecule has 0 aliphatic carbocycles. The normalized spacial score (nSPS) is 21.7. The van der Waals surface area contributed by atoms with Crippen LogP contribution >= 0.6 is 15.9 Å². The first kappa shape index (κ1) is 14.0. The minimum atomic E-state index is -3.35. The molecule has 1 heterocycles. The Labute approximate surface area is 117 Å². The number of benzene rings is 1. The Morgan fingerprint density at radius 3 is 2.72 bits per heavy atom. The molecule has 1 saturated heterocycles. The van der Waals surface area contributed by atoms with Crippen molar-refractivity contribution in [2.24, 2.45) is 5.92 Å². The number of halogens is 1. The van der Waals surface area contributed by atoms with Crippen LogP contribution in [0.2, 0.25) is 0 Å². The maximum Gasteiger partial charge on any atom is 0.243 e. The van der Waals surface area contributed by atoms with Gasteiger partial charge in [-0.2, -0.15) is 4.31 Å². The second-order valence-electron chi connectivity index (χ2n) is 5.03. The van der Waals surface area contributed by atoms with Crippen LogP contribution < -0.4 is 0 Å². The lowest BCUT2D eigenvalue weighted by molar-refractivity contribution is 0.316. The lowest BCUT2D eigenvalue weighted by Crippen LogP contribution is -2.38. The molecule has 1 aliphatic rings. The van der Waals surface area contributed by atoms with Crippen molar-refractivity contribution in [2.45, 2.75) is 37.6 Å². The third-order valence-electron chi connectivity index (χ3n) is 3.42. The predicted molar refractivity (Wildman–Crippen MR) is 75.9 cm³/mol. The zero-order valence-corrected chi connectivity index (χ0v) is 13.0. The highest BCUT2D eigenvalue weighted by molar-refractivity contribution is 9.10. The molecule has 0 N–H and O–H groups in total. The number of nitrogens with zero attached hydrogens (tertiary/aromatic N) is 1. The summed E-state index contributed by atoms with van der Waals surface area (Å²) in [6.07, 6.45) is 1.92. The number of hydrogen-bond acceptors (Lipinski definition) is 2. The fraction of sp³-hybridized carbons (Fsp3) is 0.538. The first-order valence-corrected chi connectivity index (χ1v) is 8.43. The molecule has 100 valence electrons. The summed E-state index contributed by atoms with van der Waals surface area (Å²) < 4.78 is 27.7. The van der Waals surface area contributed by atoms with Gasteiger partial charge in [0, 0.05) is 17.1 Å². The maximum absolute atomic E-state index is 12.6. The third kappa shape index (κ3) is 2.63. The van der Waals surface area contributed by atoms with E-state index in [0.717, 1.165) is 17.3 Å². The average molecular weight is 332 g/mol. The van der Waals surface area contributed by atoms with Crippen LogP contribution in [0, 0.1) is 5.92 Å². The number of sulfonamides is 1. The molecular formula is C13H18BrNO2S. The van der Waals surface area contributed by atoms with Crippen molar-refractivity contribution in [3.8, 4) is 0 Å². The fourth-order valence-corrected chi connectivity index (χ4v) is 4.92. The molecular weight excluding hydrogens is 314 g/mol. The molecule has 1 aliphatic heterocycles. The van der Waals surface area contributed by atoms with Gasteiger partial charge < -0.3 is 0 Å². The molecule has 0 saturated carbocycles. The van der Waals surface area contributed by atoms with Crippen LogP contribution in [0.1, 0.15) is 26.7 Å². The van der Waals surface area contributed by atoms with Crippen LogP contribution in [0.25, 0.3) is 0 Å². The molecule has 0 bridgehead atoms. The standard InChI is InChI=1S/C13H18BrNO2S/c1-10(2)13-7-4-8-15(13)18(16,17)12-6-3-5-11(14)9-12/h3,5-6,9-10,13H,4,7-8H2,1-2H3. The Kier molecular flexibility index (Phi) is 4.14. The first-order chi connectivity index (χ1) is 8.43. The SMILES string of the molecule is CC(C)C1CCCN1S(=O)(=O)c1cccc(Br)c1. The first-order valence-electron chi connectivity index (χ1n) is 6.20. The van der Waals surface area contributed by atoms with E-state index in [1.807, 2.05) is 6.07 Å². The third-order valence-corrected chi connectivity index (χ3v) is 5.83. The molecule has 0 aromatic heterocycles. The van der Waals surface area contributed by atoms with Gasteiger partial charge in [0.2, 0.25) is 10.0 Å². The van der Waals surface area contributed by atoms with Crippen LogP contribution in [0.5, 0.6) is 0 Å². The van der Waals surface area contributed by atoms with Gasteiger partial charge in [0.25, 0.3) is 0 Å². The van der Waals surface area contributed by atoms with Crippen molar-refractivity contribution in [2.75, 3.05) is 6.54 Å². The second-order valence-corrected chi connectivity index (χ2v) is 7.83. The van der Waals surface area contributed by atoms with Gasteiger partial charge in [-0.25, -0.2) is 8.42 Å². The monoisotopic (exact) mass is 331 g/mol. The van der Waals surface area contributed by atoms with Crippen molar-refractivity contribution in [1.29, 1.82) is 0 Å². The minimum absolute atomic E-state index is 0.133. The van der Waals surface area contributed by atoms with Gasteiger partial charge in [-0.05, 0) is 37.0 Å². The van der Waals surface area contributed by atoms with Crippen LogP contribution in [0.3, 0.4) is 0 Å². The molecule has 3 nitrogen and oxygen atoms in total. The molecule has 1 atom stereocenters. The highest BCUT2D eigenvalue weighted by Gasteiger charge is 2.36. The largest absolute Gasteiger partial charge is 0.243 e. The van der Waals surface area contributed by atoms with Crippen LogP contribution in [-0.4, -0.2) is 25.3 Å². The van der Waals surface area contributed by atoms with E-state index in [1.54, 1.807) is 22.5 Å². The summed E-state index contributed by atoms with van der Waals surface area (Å²) in [7, 11) is -3.35. The molecule has 0 radical (unpaired) electrons. The number of rotatable bonds is 3. The van der Waals surface area contributed by atoms with Crippen LogP contribution in [-0.2, 0) is 10.0 Å². The summed E-state index contributed by atoms with van der Waals surface area (Å²) >= 11 is 3.32. The van der Waals surface area contributed by atoms with Gasteiger partial charge >= 0.3 is 0 Å². The zero-order valence-electron chi connectivity index (χ0n) is 10.6. The van der Waals surface area contributed by atoms with Crippen molar-refractivity contribution in [3.63, 3.8) is 0 Å². The Morgan fingerprint density at radius 2 is 2.11 bits per heavy atom. The summed E-state index contributed by atoms with van der Waals surface area (Å²) in [5, 5.41) is 0.